The van der Waals surface area contributed by atoms with Gasteiger partial charge in [-0.25, -0.2) is 9.07 Å². The van der Waals surface area contributed by atoms with Gasteiger partial charge in [-0.05, 0) is 42.5 Å². The van der Waals surface area contributed by atoms with Crippen LogP contribution in [0.25, 0.3) is 5.82 Å². The predicted molar refractivity (Wildman–Crippen MR) is 92.5 cm³/mol. The van der Waals surface area contributed by atoms with Gasteiger partial charge in [0.25, 0.3) is 5.91 Å². The molecule has 0 spiro atoms. The van der Waals surface area contributed by atoms with Crippen LogP contribution in [0.3, 0.4) is 0 Å². The maximum absolute atomic E-state index is 12.8. The lowest BCUT2D eigenvalue weighted by Gasteiger charge is -2.08. The van der Waals surface area contributed by atoms with Gasteiger partial charge < -0.3 is 15.4 Å². The van der Waals surface area contributed by atoms with Gasteiger partial charge in [0, 0.05) is 25.5 Å². The number of aromatic nitrogens is 4. The molecule has 0 bridgehead atoms. The molecule has 0 fully saturated rings. The molecule has 0 atom stereocenters. The van der Waals surface area contributed by atoms with Crippen molar-refractivity contribution in [1.82, 2.24) is 25.3 Å². The van der Waals surface area contributed by atoms with Crippen molar-refractivity contribution in [3.05, 3.63) is 60.7 Å². The minimum Gasteiger partial charge on any atom is -0.484 e. The Labute approximate surface area is 149 Å². The highest BCUT2D eigenvalue weighted by atomic mass is 19.1. The second-order valence-corrected chi connectivity index (χ2v) is 5.25. The van der Waals surface area contributed by atoms with E-state index in [9.17, 15) is 9.18 Å². The number of nitrogens with one attached hydrogen (secondary N) is 2. The minimum absolute atomic E-state index is 0.135. The van der Waals surface area contributed by atoms with Crippen LogP contribution in [-0.2, 0) is 4.79 Å². The van der Waals surface area contributed by atoms with E-state index in [-0.39, 0.29) is 18.3 Å². The Bertz CT molecular complexity index is 821. The van der Waals surface area contributed by atoms with Gasteiger partial charge in [-0.2, -0.15) is 5.10 Å². The van der Waals surface area contributed by atoms with E-state index in [4.69, 9.17) is 4.74 Å². The quantitative estimate of drug-likeness (QED) is 0.593. The minimum atomic E-state index is -0.353. The van der Waals surface area contributed by atoms with Crippen molar-refractivity contribution in [2.45, 2.75) is 0 Å². The molecule has 0 radical (unpaired) electrons. The number of anilines is 1. The topological polar surface area (TPSA) is 94.0 Å². The predicted octanol–water partition coefficient (Wildman–Crippen LogP) is 1.41. The Morgan fingerprint density at radius 1 is 1.12 bits per heavy atom. The maximum Gasteiger partial charge on any atom is 0.258 e. The number of benzene rings is 1. The van der Waals surface area contributed by atoms with Gasteiger partial charge in [0.15, 0.2) is 12.4 Å². The summed E-state index contributed by atoms with van der Waals surface area (Å²) in [6.45, 7) is 0.746. The summed E-state index contributed by atoms with van der Waals surface area (Å²) in [5.41, 5.74) is 0. The molecule has 2 N–H and O–H groups in total. The largest absolute Gasteiger partial charge is 0.484 e. The molecule has 0 saturated heterocycles. The Kier molecular flexibility index (Phi) is 5.71. The fourth-order valence-electron chi connectivity index (χ4n) is 2.07. The molecule has 2 heterocycles. The van der Waals surface area contributed by atoms with Crippen molar-refractivity contribution < 1.29 is 13.9 Å². The van der Waals surface area contributed by atoms with Crippen molar-refractivity contribution in [2.75, 3.05) is 25.0 Å². The summed E-state index contributed by atoms with van der Waals surface area (Å²) >= 11 is 0. The van der Waals surface area contributed by atoms with E-state index in [2.05, 4.69) is 25.9 Å². The summed E-state index contributed by atoms with van der Waals surface area (Å²) in [7, 11) is 0. The van der Waals surface area contributed by atoms with E-state index < -0.39 is 0 Å². The van der Waals surface area contributed by atoms with Gasteiger partial charge in [0.2, 0.25) is 0 Å². The third-order valence-electron chi connectivity index (χ3n) is 3.33. The average Bonchev–Trinajstić information content (AvgIpc) is 3.20. The fraction of sp³-hybridized carbons (Fsp3) is 0.176. The second-order valence-electron chi connectivity index (χ2n) is 5.25. The highest BCUT2D eigenvalue weighted by molar-refractivity contribution is 5.77. The SMILES string of the molecule is O=C(COc1ccc(F)cc1)NCCNc1ccc(-n2cccn2)nn1. The summed E-state index contributed by atoms with van der Waals surface area (Å²) in [5, 5.41) is 17.9. The number of hydrogen-bond donors (Lipinski definition) is 2. The van der Waals surface area contributed by atoms with Crippen molar-refractivity contribution in [3.63, 3.8) is 0 Å². The molecule has 134 valence electrons. The van der Waals surface area contributed by atoms with E-state index in [1.54, 1.807) is 35.3 Å². The number of amides is 1. The lowest BCUT2D eigenvalue weighted by atomic mass is 10.3. The van der Waals surface area contributed by atoms with Crippen LogP contribution in [0, 0.1) is 5.82 Å². The molecule has 9 heteroatoms. The number of nitrogens with zero attached hydrogens (tertiary/aromatic N) is 4. The number of hydrogen-bond acceptors (Lipinski definition) is 6. The van der Waals surface area contributed by atoms with Crippen LogP contribution >= 0.6 is 0 Å². The van der Waals surface area contributed by atoms with Crippen LogP contribution in [0.5, 0.6) is 5.75 Å². The molecule has 0 saturated carbocycles. The highest BCUT2D eigenvalue weighted by Crippen LogP contribution is 2.10. The van der Waals surface area contributed by atoms with E-state index in [0.29, 0.717) is 30.5 Å². The molecule has 8 nitrogen and oxygen atoms in total. The number of ether oxygens (including phenoxy) is 1. The van der Waals surface area contributed by atoms with Crippen LogP contribution in [0.4, 0.5) is 10.2 Å². The standard InChI is InChI=1S/C17H17FN6O2/c18-13-2-4-14(5-3-13)26-12-17(25)20-10-9-19-15-6-7-16(23-22-15)24-11-1-8-21-24/h1-8,11H,9-10,12H2,(H,19,22)(H,20,25). The highest BCUT2D eigenvalue weighted by Gasteiger charge is 2.03. The van der Waals surface area contributed by atoms with Crippen molar-refractivity contribution in [1.29, 1.82) is 0 Å². The average molecular weight is 356 g/mol. The number of halogens is 1. The Morgan fingerprint density at radius 2 is 1.96 bits per heavy atom. The number of carbonyl (C=O) groups excluding carboxylic acids is 1. The third-order valence-corrected chi connectivity index (χ3v) is 3.33. The van der Waals surface area contributed by atoms with E-state index >= 15 is 0 Å². The van der Waals surface area contributed by atoms with Gasteiger partial charge in [-0.3, -0.25) is 4.79 Å². The molecule has 0 aliphatic carbocycles. The molecule has 0 aliphatic rings. The summed E-state index contributed by atoms with van der Waals surface area (Å²) in [4.78, 5) is 11.7. The normalized spacial score (nSPS) is 10.3. The Balaban J connectivity index is 1.34. The first-order chi connectivity index (χ1) is 12.7. The number of carbonyl (C=O) groups is 1. The van der Waals surface area contributed by atoms with Gasteiger partial charge in [0.05, 0.1) is 0 Å². The molecular formula is C17H17FN6O2. The summed E-state index contributed by atoms with van der Waals surface area (Å²) in [6, 6.07) is 10.9. The van der Waals surface area contributed by atoms with Crippen molar-refractivity contribution >= 4 is 11.7 Å². The molecule has 1 aromatic carbocycles. The summed E-state index contributed by atoms with van der Waals surface area (Å²) in [6.07, 6.45) is 3.44. The number of rotatable bonds is 8. The zero-order valence-corrected chi connectivity index (χ0v) is 13.8. The van der Waals surface area contributed by atoms with E-state index in [1.807, 2.05) is 0 Å². The fourth-order valence-corrected chi connectivity index (χ4v) is 2.07. The molecule has 1 amide bonds. The Morgan fingerprint density at radius 3 is 2.65 bits per heavy atom. The molecule has 3 aromatic rings. The molecule has 3 rings (SSSR count). The van der Waals surface area contributed by atoms with Crippen LogP contribution in [0.2, 0.25) is 0 Å². The van der Waals surface area contributed by atoms with E-state index in [1.165, 1.54) is 24.3 Å². The molecule has 0 aliphatic heterocycles. The monoisotopic (exact) mass is 356 g/mol. The van der Waals surface area contributed by atoms with Crippen molar-refractivity contribution in [3.8, 4) is 11.6 Å². The van der Waals surface area contributed by atoms with E-state index in [0.717, 1.165) is 0 Å². The van der Waals surface area contributed by atoms with Gasteiger partial charge in [0.1, 0.15) is 17.4 Å². The maximum atomic E-state index is 12.8. The van der Waals surface area contributed by atoms with Crippen LogP contribution in [0.1, 0.15) is 0 Å². The summed E-state index contributed by atoms with van der Waals surface area (Å²) < 4.78 is 19.6. The Hall–Kier alpha value is -3.49. The van der Waals surface area contributed by atoms with Gasteiger partial charge >= 0.3 is 0 Å². The molecule has 0 unspecified atom stereocenters. The van der Waals surface area contributed by atoms with Crippen molar-refractivity contribution in [2.24, 2.45) is 0 Å². The van der Waals surface area contributed by atoms with Crippen LogP contribution in [0.15, 0.2) is 54.9 Å². The third kappa shape index (κ3) is 5.00. The smallest absolute Gasteiger partial charge is 0.258 e. The van der Waals surface area contributed by atoms with Gasteiger partial charge in [-0.15, -0.1) is 10.2 Å². The van der Waals surface area contributed by atoms with Crippen LogP contribution < -0.4 is 15.4 Å². The lowest BCUT2D eigenvalue weighted by molar-refractivity contribution is -0.123. The molecular weight excluding hydrogens is 339 g/mol. The van der Waals surface area contributed by atoms with Crippen LogP contribution in [-0.4, -0.2) is 45.6 Å². The lowest BCUT2D eigenvalue weighted by Crippen LogP contribution is -2.32. The first kappa shape index (κ1) is 17.3. The summed E-state index contributed by atoms with van der Waals surface area (Å²) in [5.74, 6) is 1.03. The zero-order valence-electron chi connectivity index (χ0n) is 13.8. The first-order valence-electron chi connectivity index (χ1n) is 7.93. The van der Waals surface area contributed by atoms with Gasteiger partial charge in [-0.1, -0.05) is 0 Å². The zero-order chi connectivity index (χ0) is 18.2. The first-order valence-corrected chi connectivity index (χ1v) is 7.93. The second kappa shape index (κ2) is 8.56. The molecule has 26 heavy (non-hydrogen) atoms. The molecule has 2 aromatic heterocycles.